The van der Waals surface area contributed by atoms with Crippen LogP contribution in [-0.2, 0) is 9.59 Å². The molecule has 0 aliphatic carbocycles. The van der Waals surface area contributed by atoms with E-state index >= 15 is 0 Å². The van der Waals surface area contributed by atoms with Crippen molar-refractivity contribution in [1.29, 1.82) is 0 Å². The van der Waals surface area contributed by atoms with E-state index in [2.05, 4.69) is 5.32 Å². The number of hydrogen-bond donors (Lipinski definition) is 1. The first kappa shape index (κ1) is 17.7. The number of rotatable bonds is 3. The standard InChI is InChI=1S/C18H13ClN2O2S2/c1-11(22)20-14-7-5-12(6-8-14)9-16-17(23)21(18(24)25-16)15-4-2-3-13(19)10-15/h2-10H,1H3,(H,20,22)/b16-9-. The molecule has 0 spiro atoms. The lowest BCUT2D eigenvalue weighted by Gasteiger charge is -2.14. The highest BCUT2D eigenvalue weighted by Crippen LogP contribution is 2.36. The summed E-state index contributed by atoms with van der Waals surface area (Å²) in [5.41, 5.74) is 2.20. The topological polar surface area (TPSA) is 49.4 Å². The van der Waals surface area contributed by atoms with Gasteiger partial charge in [0.1, 0.15) is 0 Å². The SMILES string of the molecule is CC(=O)Nc1ccc(/C=C2\SC(=S)N(c3cccc(Cl)c3)C2=O)cc1. The summed E-state index contributed by atoms with van der Waals surface area (Å²) in [6.07, 6.45) is 1.78. The second-order valence-corrected chi connectivity index (χ2v) is 7.41. The van der Waals surface area contributed by atoms with Gasteiger partial charge in [-0.3, -0.25) is 14.5 Å². The van der Waals surface area contributed by atoms with Gasteiger partial charge in [-0.2, -0.15) is 0 Å². The fraction of sp³-hybridized carbons (Fsp3) is 0.0556. The van der Waals surface area contributed by atoms with E-state index in [4.69, 9.17) is 23.8 Å². The van der Waals surface area contributed by atoms with Crippen molar-refractivity contribution in [2.24, 2.45) is 0 Å². The molecule has 1 heterocycles. The molecule has 25 heavy (non-hydrogen) atoms. The number of nitrogens with one attached hydrogen (secondary N) is 1. The van der Waals surface area contributed by atoms with Crippen molar-refractivity contribution in [1.82, 2.24) is 0 Å². The van der Waals surface area contributed by atoms with Crippen LogP contribution in [-0.4, -0.2) is 16.1 Å². The average molecular weight is 389 g/mol. The smallest absolute Gasteiger partial charge is 0.270 e. The maximum absolute atomic E-state index is 12.7. The normalized spacial score (nSPS) is 15.8. The Morgan fingerprint density at radius 1 is 1.24 bits per heavy atom. The van der Waals surface area contributed by atoms with E-state index in [9.17, 15) is 9.59 Å². The number of thiocarbonyl (C=S) groups is 1. The molecule has 0 unspecified atom stereocenters. The first-order chi connectivity index (χ1) is 11.9. The van der Waals surface area contributed by atoms with Gasteiger partial charge in [0.2, 0.25) is 5.91 Å². The quantitative estimate of drug-likeness (QED) is 0.611. The van der Waals surface area contributed by atoms with Crippen molar-refractivity contribution >= 4 is 69.2 Å². The summed E-state index contributed by atoms with van der Waals surface area (Å²) in [6, 6.07) is 14.2. The van der Waals surface area contributed by atoms with E-state index in [-0.39, 0.29) is 11.8 Å². The minimum absolute atomic E-state index is 0.129. The zero-order valence-corrected chi connectivity index (χ0v) is 15.5. The minimum atomic E-state index is -0.178. The Bertz CT molecular complexity index is 894. The van der Waals surface area contributed by atoms with E-state index in [1.807, 2.05) is 12.1 Å². The lowest BCUT2D eigenvalue weighted by atomic mass is 10.2. The van der Waals surface area contributed by atoms with Crippen molar-refractivity contribution in [3.8, 4) is 0 Å². The number of anilines is 2. The molecule has 1 saturated heterocycles. The summed E-state index contributed by atoms with van der Waals surface area (Å²) in [5, 5.41) is 3.25. The summed E-state index contributed by atoms with van der Waals surface area (Å²) in [5.74, 6) is -0.307. The molecule has 0 atom stereocenters. The Balaban J connectivity index is 1.84. The highest BCUT2D eigenvalue weighted by molar-refractivity contribution is 8.27. The molecule has 0 radical (unpaired) electrons. The highest BCUT2D eigenvalue weighted by atomic mass is 35.5. The molecular formula is C18H13ClN2O2S2. The molecule has 1 fully saturated rings. The molecule has 7 heteroatoms. The molecule has 0 saturated carbocycles. The second kappa shape index (κ2) is 7.39. The van der Waals surface area contributed by atoms with Gasteiger partial charge in [-0.15, -0.1) is 0 Å². The van der Waals surface area contributed by atoms with Crippen molar-refractivity contribution in [3.05, 3.63) is 64.0 Å². The number of amides is 2. The summed E-state index contributed by atoms with van der Waals surface area (Å²) >= 11 is 12.6. The lowest BCUT2D eigenvalue weighted by molar-refractivity contribution is -0.114. The van der Waals surface area contributed by atoms with Crippen LogP contribution in [0.3, 0.4) is 0 Å². The molecule has 0 aromatic heterocycles. The van der Waals surface area contributed by atoms with E-state index < -0.39 is 0 Å². The predicted octanol–water partition coefficient (Wildman–Crippen LogP) is 4.70. The largest absolute Gasteiger partial charge is 0.326 e. The first-order valence-electron chi connectivity index (χ1n) is 7.35. The summed E-state index contributed by atoms with van der Waals surface area (Å²) in [6.45, 7) is 1.45. The zero-order valence-electron chi connectivity index (χ0n) is 13.2. The molecular weight excluding hydrogens is 376 g/mol. The predicted molar refractivity (Wildman–Crippen MR) is 108 cm³/mol. The van der Waals surface area contributed by atoms with Gasteiger partial charge in [-0.05, 0) is 42.0 Å². The monoisotopic (exact) mass is 388 g/mol. The number of carbonyl (C=O) groups is 2. The van der Waals surface area contributed by atoms with Crippen molar-refractivity contribution < 1.29 is 9.59 Å². The third kappa shape index (κ3) is 4.10. The number of halogens is 1. The molecule has 2 aromatic carbocycles. The van der Waals surface area contributed by atoms with E-state index in [1.165, 1.54) is 23.6 Å². The Labute approximate surface area is 159 Å². The molecule has 4 nitrogen and oxygen atoms in total. The van der Waals surface area contributed by atoms with Crippen LogP contribution >= 0.6 is 35.6 Å². The zero-order chi connectivity index (χ0) is 18.0. The average Bonchev–Trinajstić information content (AvgIpc) is 2.83. The van der Waals surface area contributed by atoms with Crippen LogP contribution < -0.4 is 10.2 Å². The molecule has 2 amide bonds. The Morgan fingerprint density at radius 3 is 2.60 bits per heavy atom. The van der Waals surface area contributed by atoms with Gasteiger partial charge in [-0.1, -0.05) is 53.8 Å². The van der Waals surface area contributed by atoms with E-state index in [0.717, 1.165) is 5.56 Å². The van der Waals surface area contributed by atoms with Gasteiger partial charge < -0.3 is 5.32 Å². The molecule has 1 aliphatic rings. The molecule has 2 aromatic rings. The molecule has 3 rings (SSSR count). The lowest BCUT2D eigenvalue weighted by Crippen LogP contribution is -2.27. The molecule has 1 aliphatic heterocycles. The maximum Gasteiger partial charge on any atom is 0.270 e. The van der Waals surface area contributed by atoms with Crippen molar-refractivity contribution in [3.63, 3.8) is 0 Å². The number of benzene rings is 2. The first-order valence-corrected chi connectivity index (χ1v) is 8.95. The molecule has 126 valence electrons. The van der Waals surface area contributed by atoms with Crippen LogP contribution in [0, 0.1) is 0 Å². The summed E-state index contributed by atoms with van der Waals surface area (Å²) < 4.78 is 0.466. The summed E-state index contributed by atoms with van der Waals surface area (Å²) in [7, 11) is 0. The van der Waals surface area contributed by atoms with Crippen LogP contribution in [0.5, 0.6) is 0 Å². The van der Waals surface area contributed by atoms with Crippen LogP contribution in [0.25, 0.3) is 6.08 Å². The van der Waals surface area contributed by atoms with Crippen LogP contribution in [0.2, 0.25) is 5.02 Å². The van der Waals surface area contributed by atoms with Gasteiger partial charge >= 0.3 is 0 Å². The van der Waals surface area contributed by atoms with Gasteiger partial charge in [0.05, 0.1) is 10.6 Å². The van der Waals surface area contributed by atoms with Crippen LogP contribution in [0.1, 0.15) is 12.5 Å². The highest BCUT2D eigenvalue weighted by Gasteiger charge is 2.33. The maximum atomic E-state index is 12.7. The Morgan fingerprint density at radius 2 is 1.96 bits per heavy atom. The van der Waals surface area contributed by atoms with E-state index in [1.54, 1.807) is 42.5 Å². The number of nitrogens with zero attached hydrogens (tertiary/aromatic N) is 1. The fourth-order valence-electron chi connectivity index (χ4n) is 2.32. The molecule has 1 N–H and O–H groups in total. The minimum Gasteiger partial charge on any atom is -0.326 e. The van der Waals surface area contributed by atoms with Gasteiger partial charge in [0, 0.05) is 17.6 Å². The summed E-state index contributed by atoms with van der Waals surface area (Å²) in [4.78, 5) is 25.8. The van der Waals surface area contributed by atoms with Gasteiger partial charge in [0.25, 0.3) is 5.91 Å². The van der Waals surface area contributed by atoms with Crippen molar-refractivity contribution in [2.45, 2.75) is 6.92 Å². The van der Waals surface area contributed by atoms with Crippen LogP contribution in [0.4, 0.5) is 11.4 Å². The fourth-order valence-corrected chi connectivity index (χ4v) is 3.81. The van der Waals surface area contributed by atoms with Gasteiger partial charge in [0.15, 0.2) is 4.32 Å². The Hall–Kier alpha value is -2.15. The molecule has 0 bridgehead atoms. The Kier molecular flexibility index (Phi) is 5.22. The number of hydrogen-bond acceptors (Lipinski definition) is 4. The van der Waals surface area contributed by atoms with Gasteiger partial charge in [-0.25, -0.2) is 0 Å². The number of thioether (sulfide) groups is 1. The second-order valence-electron chi connectivity index (χ2n) is 5.30. The third-order valence-electron chi connectivity index (χ3n) is 3.39. The van der Waals surface area contributed by atoms with Crippen LogP contribution in [0.15, 0.2) is 53.4 Å². The number of carbonyl (C=O) groups excluding carboxylic acids is 2. The third-order valence-corrected chi connectivity index (χ3v) is 4.93. The van der Waals surface area contributed by atoms with E-state index in [0.29, 0.717) is 25.6 Å². The van der Waals surface area contributed by atoms with Crippen molar-refractivity contribution in [2.75, 3.05) is 10.2 Å².